The van der Waals surface area contributed by atoms with Crippen molar-refractivity contribution in [2.45, 2.75) is 53.6 Å². The average molecular weight is 353 g/mol. The first-order chi connectivity index (χ1) is 12.5. The third-order valence-corrected chi connectivity index (χ3v) is 5.13. The van der Waals surface area contributed by atoms with E-state index in [-0.39, 0.29) is 0 Å². The van der Waals surface area contributed by atoms with Gasteiger partial charge in [0.1, 0.15) is 0 Å². The van der Waals surface area contributed by atoms with Crippen LogP contribution in [0.5, 0.6) is 0 Å². The van der Waals surface area contributed by atoms with Gasteiger partial charge in [0.05, 0.1) is 0 Å². The van der Waals surface area contributed by atoms with E-state index in [0.29, 0.717) is 0 Å². The van der Waals surface area contributed by atoms with Gasteiger partial charge in [-0.2, -0.15) is 0 Å². The molecule has 0 radical (unpaired) electrons. The monoisotopic (exact) mass is 352 g/mol. The van der Waals surface area contributed by atoms with E-state index in [4.69, 9.17) is 0 Å². The summed E-state index contributed by atoms with van der Waals surface area (Å²) in [5.41, 5.74) is 8.88. The summed E-state index contributed by atoms with van der Waals surface area (Å²) in [6.45, 7) is 13.0. The van der Waals surface area contributed by atoms with Crippen molar-refractivity contribution in [2.75, 3.05) is 27.2 Å². The first-order valence-corrected chi connectivity index (χ1v) is 10.0. The van der Waals surface area contributed by atoms with Crippen LogP contribution in [0.1, 0.15) is 47.2 Å². The van der Waals surface area contributed by atoms with E-state index in [1.165, 1.54) is 48.2 Å². The number of hydrogen-bond acceptors (Lipinski definition) is 2. The molecule has 142 valence electrons. The third kappa shape index (κ3) is 5.69. The van der Waals surface area contributed by atoms with Crippen LogP contribution < -0.4 is 0 Å². The molecule has 0 aromatic heterocycles. The molecule has 4 rings (SSSR count). The van der Waals surface area contributed by atoms with Crippen molar-refractivity contribution in [1.29, 1.82) is 0 Å². The van der Waals surface area contributed by atoms with Crippen molar-refractivity contribution < 1.29 is 0 Å². The van der Waals surface area contributed by atoms with E-state index in [0.717, 1.165) is 13.1 Å². The molecule has 2 heteroatoms. The Labute approximate surface area is 160 Å². The van der Waals surface area contributed by atoms with E-state index >= 15 is 0 Å². The Balaban J connectivity index is 0.000000171. The lowest BCUT2D eigenvalue weighted by Gasteiger charge is -2.25. The number of benzene rings is 2. The number of likely N-dealkylation sites (N-methyl/N-ethyl adjacent to an activating group) is 2. The Bertz CT molecular complexity index is 705. The van der Waals surface area contributed by atoms with Crippen molar-refractivity contribution in [3.8, 4) is 0 Å². The molecule has 2 heterocycles. The second kappa shape index (κ2) is 9.89. The van der Waals surface area contributed by atoms with Crippen molar-refractivity contribution in [3.63, 3.8) is 0 Å². The van der Waals surface area contributed by atoms with Gasteiger partial charge in [0.2, 0.25) is 0 Å². The molecule has 0 fully saturated rings. The minimum atomic E-state index is 1.12. The minimum absolute atomic E-state index is 1.12. The second-order valence-electron chi connectivity index (χ2n) is 7.52. The number of fused-ring (bicyclic) bond motifs is 2. The van der Waals surface area contributed by atoms with Gasteiger partial charge in [-0.25, -0.2) is 0 Å². The van der Waals surface area contributed by atoms with Gasteiger partial charge in [-0.15, -0.1) is 0 Å². The fourth-order valence-electron chi connectivity index (χ4n) is 3.65. The first-order valence-electron chi connectivity index (χ1n) is 10.0. The number of hydrogen-bond donors (Lipinski definition) is 0. The fourth-order valence-corrected chi connectivity index (χ4v) is 3.65. The van der Waals surface area contributed by atoms with Gasteiger partial charge in [-0.05, 0) is 63.0 Å². The highest BCUT2D eigenvalue weighted by Crippen LogP contribution is 2.19. The Hall–Kier alpha value is -1.64. The van der Waals surface area contributed by atoms with Crippen molar-refractivity contribution in [3.05, 3.63) is 69.8 Å². The van der Waals surface area contributed by atoms with Crippen LogP contribution in [0.3, 0.4) is 0 Å². The van der Waals surface area contributed by atoms with Crippen LogP contribution in [0.25, 0.3) is 0 Å². The molecule has 0 amide bonds. The molecule has 2 aliphatic heterocycles. The lowest BCUT2D eigenvalue weighted by atomic mass is 9.98. The quantitative estimate of drug-likeness (QED) is 0.659. The predicted octanol–water partition coefficient (Wildman–Crippen LogP) is 4.99. The van der Waals surface area contributed by atoms with Gasteiger partial charge in [0, 0.05) is 26.2 Å². The second-order valence-corrected chi connectivity index (χ2v) is 7.52. The first kappa shape index (κ1) is 20.7. The molecular formula is C24H36N2. The SMILES string of the molecule is CC.Cc1ccc2c(c1)CCN(C)C2.Cc1ccc2c(c1)CN(C)CC2. The fraction of sp³-hybridized carbons (Fsp3) is 0.500. The lowest BCUT2D eigenvalue weighted by Crippen LogP contribution is -2.26. The highest BCUT2D eigenvalue weighted by Gasteiger charge is 2.12. The molecule has 2 nitrogen and oxygen atoms in total. The molecular weight excluding hydrogens is 316 g/mol. The summed E-state index contributed by atoms with van der Waals surface area (Å²) < 4.78 is 0. The van der Waals surface area contributed by atoms with E-state index in [1.807, 2.05) is 13.8 Å². The maximum Gasteiger partial charge on any atom is 0.0233 e. The van der Waals surface area contributed by atoms with Crippen LogP contribution in [-0.2, 0) is 25.9 Å². The van der Waals surface area contributed by atoms with Crippen LogP contribution in [0.4, 0.5) is 0 Å². The molecule has 0 bridgehead atoms. The highest BCUT2D eigenvalue weighted by molar-refractivity contribution is 5.33. The zero-order valence-electron chi connectivity index (χ0n) is 17.6. The Morgan fingerprint density at radius 3 is 1.69 bits per heavy atom. The van der Waals surface area contributed by atoms with Gasteiger partial charge >= 0.3 is 0 Å². The Morgan fingerprint density at radius 1 is 0.615 bits per heavy atom. The summed E-state index contributed by atoms with van der Waals surface area (Å²) in [5, 5.41) is 0. The largest absolute Gasteiger partial charge is 0.302 e. The van der Waals surface area contributed by atoms with Gasteiger partial charge in [-0.3, -0.25) is 0 Å². The smallest absolute Gasteiger partial charge is 0.0233 e. The summed E-state index contributed by atoms with van der Waals surface area (Å²) in [6, 6.07) is 13.6. The maximum atomic E-state index is 2.38. The predicted molar refractivity (Wildman–Crippen MR) is 114 cm³/mol. The lowest BCUT2D eigenvalue weighted by molar-refractivity contribution is 0.313. The number of aryl methyl sites for hydroxylation is 2. The van der Waals surface area contributed by atoms with E-state index < -0.39 is 0 Å². The van der Waals surface area contributed by atoms with Crippen LogP contribution in [0, 0.1) is 13.8 Å². The Kier molecular flexibility index (Phi) is 7.86. The van der Waals surface area contributed by atoms with Gasteiger partial charge in [-0.1, -0.05) is 61.4 Å². The molecule has 2 aromatic carbocycles. The van der Waals surface area contributed by atoms with E-state index in [2.05, 4.69) is 74.1 Å². The van der Waals surface area contributed by atoms with Gasteiger partial charge < -0.3 is 9.80 Å². The zero-order chi connectivity index (χ0) is 19.1. The van der Waals surface area contributed by atoms with Crippen LogP contribution in [0.15, 0.2) is 36.4 Å². The van der Waals surface area contributed by atoms with Crippen molar-refractivity contribution >= 4 is 0 Å². The van der Waals surface area contributed by atoms with Crippen LogP contribution >= 0.6 is 0 Å². The maximum absolute atomic E-state index is 2.38. The van der Waals surface area contributed by atoms with Crippen molar-refractivity contribution in [1.82, 2.24) is 9.80 Å². The van der Waals surface area contributed by atoms with Gasteiger partial charge in [0.25, 0.3) is 0 Å². The van der Waals surface area contributed by atoms with E-state index in [9.17, 15) is 0 Å². The third-order valence-electron chi connectivity index (χ3n) is 5.13. The highest BCUT2D eigenvalue weighted by atomic mass is 15.1. The van der Waals surface area contributed by atoms with Gasteiger partial charge in [0.15, 0.2) is 0 Å². The Morgan fingerprint density at radius 2 is 1.08 bits per heavy atom. The molecule has 0 saturated heterocycles. The molecule has 2 aliphatic rings. The topological polar surface area (TPSA) is 6.48 Å². The molecule has 0 spiro atoms. The molecule has 0 N–H and O–H groups in total. The zero-order valence-corrected chi connectivity index (χ0v) is 17.6. The average Bonchev–Trinajstić information content (AvgIpc) is 2.64. The normalized spacial score (nSPS) is 16.4. The van der Waals surface area contributed by atoms with E-state index in [1.54, 1.807) is 11.1 Å². The summed E-state index contributed by atoms with van der Waals surface area (Å²) >= 11 is 0. The molecule has 2 aromatic rings. The summed E-state index contributed by atoms with van der Waals surface area (Å²) in [7, 11) is 4.37. The molecule has 0 unspecified atom stereocenters. The molecule has 0 atom stereocenters. The molecule has 0 aliphatic carbocycles. The van der Waals surface area contributed by atoms with Crippen LogP contribution in [-0.4, -0.2) is 37.0 Å². The number of rotatable bonds is 0. The summed E-state index contributed by atoms with van der Waals surface area (Å²) in [6.07, 6.45) is 2.43. The molecule has 26 heavy (non-hydrogen) atoms. The number of nitrogens with zero attached hydrogens (tertiary/aromatic N) is 2. The standard InChI is InChI=1S/2C11H15N.C2H6/c1-9-3-4-11-8-12(2)6-5-10(11)7-9;1-9-3-4-10-5-6-12(2)8-11(10)7-9;1-2/h2*3-4,7H,5-6,8H2,1-2H3;1-2H3. The van der Waals surface area contributed by atoms with Crippen LogP contribution in [0.2, 0.25) is 0 Å². The van der Waals surface area contributed by atoms with Crippen molar-refractivity contribution in [2.24, 2.45) is 0 Å². The molecule has 0 saturated carbocycles. The minimum Gasteiger partial charge on any atom is -0.302 e. The summed E-state index contributed by atoms with van der Waals surface area (Å²) in [5.74, 6) is 0. The summed E-state index contributed by atoms with van der Waals surface area (Å²) in [4.78, 5) is 4.75.